The summed E-state index contributed by atoms with van der Waals surface area (Å²) in [5, 5.41) is 3.84. The van der Waals surface area contributed by atoms with E-state index >= 15 is 0 Å². The summed E-state index contributed by atoms with van der Waals surface area (Å²) in [6.07, 6.45) is 3.63. The van der Waals surface area contributed by atoms with Gasteiger partial charge in [-0.1, -0.05) is 11.6 Å². The smallest absolute Gasteiger partial charge is 0.143 e. The van der Waals surface area contributed by atoms with Crippen LogP contribution in [0.3, 0.4) is 0 Å². The van der Waals surface area contributed by atoms with Gasteiger partial charge in [-0.3, -0.25) is 4.98 Å². The van der Waals surface area contributed by atoms with E-state index in [1.807, 2.05) is 18.3 Å². The average molecular weight is 293 g/mol. The lowest BCUT2D eigenvalue weighted by Gasteiger charge is -2.14. The fourth-order valence-corrected chi connectivity index (χ4v) is 2.10. The number of rotatable bonds is 5. The highest BCUT2D eigenvalue weighted by molar-refractivity contribution is 6.32. The van der Waals surface area contributed by atoms with Crippen molar-refractivity contribution in [3.05, 3.63) is 46.7 Å². The summed E-state index contributed by atoms with van der Waals surface area (Å²) in [4.78, 5) is 4.13. The Hall–Kier alpha value is -1.94. The Kier molecular flexibility index (Phi) is 4.69. The fraction of sp³-hybridized carbons (Fsp3) is 0.267. The molecule has 0 amide bonds. The first kappa shape index (κ1) is 14.5. The molecule has 0 aliphatic heterocycles. The van der Waals surface area contributed by atoms with E-state index < -0.39 is 0 Å². The maximum absolute atomic E-state index is 6.08. The maximum Gasteiger partial charge on any atom is 0.143 e. The first-order valence-corrected chi connectivity index (χ1v) is 6.58. The van der Waals surface area contributed by atoms with E-state index in [4.69, 9.17) is 21.1 Å². The summed E-state index contributed by atoms with van der Waals surface area (Å²) in [6, 6.07) is 5.54. The van der Waals surface area contributed by atoms with Crippen LogP contribution >= 0.6 is 11.6 Å². The van der Waals surface area contributed by atoms with Crippen LogP contribution in [0.25, 0.3) is 0 Å². The molecule has 1 aromatic heterocycles. The van der Waals surface area contributed by atoms with Gasteiger partial charge >= 0.3 is 0 Å². The second-order valence-corrected chi connectivity index (χ2v) is 4.75. The number of halogens is 1. The summed E-state index contributed by atoms with van der Waals surface area (Å²) >= 11 is 6.08. The van der Waals surface area contributed by atoms with Gasteiger partial charge in [-0.25, -0.2) is 0 Å². The van der Waals surface area contributed by atoms with E-state index in [0.717, 1.165) is 11.3 Å². The number of anilines is 1. The van der Waals surface area contributed by atoms with Crippen molar-refractivity contribution in [2.24, 2.45) is 0 Å². The van der Waals surface area contributed by atoms with Gasteiger partial charge in [-0.15, -0.1) is 0 Å². The SMILES string of the molecule is COc1cc(NCc2cnccc2C)c(OC)cc1Cl. The Morgan fingerprint density at radius 2 is 1.95 bits per heavy atom. The molecule has 0 spiro atoms. The van der Waals surface area contributed by atoms with Crippen LogP contribution in [-0.2, 0) is 6.54 Å². The molecule has 20 heavy (non-hydrogen) atoms. The number of aryl methyl sites for hydroxylation is 1. The Bertz CT molecular complexity index is 602. The highest BCUT2D eigenvalue weighted by Crippen LogP contribution is 2.36. The van der Waals surface area contributed by atoms with Crippen molar-refractivity contribution >= 4 is 17.3 Å². The van der Waals surface area contributed by atoms with E-state index in [1.165, 1.54) is 5.56 Å². The number of pyridine rings is 1. The van der Waals surface area contributed by atoms with Gasteiger partial charge in [0, 0.05) is 31.1 Å². The molecule has 0 unspecified atom stereocenters. The zero-order valence-electron chi connectivity index (χ0n) is 11.7. The average Bonchev–Trinajstić information content (AvgIpc) is 2.47. The summed E-state index contributed by atoms with van der Waals surface area (Å²) in [7, 11) is 3.20. The van der Waals surface area contributed by atoms with Gasteiger partial charge in [0.05, 0.1) is 24.9 Å². The molecule has 0 atom stereocenters. The molecule has 0 radical (unpaired) electrons. The number of aromatic nitrogens is 1. The molecule has 1 N–H and O–H groups in total. The number of methoxy groups -OCH3 is 2. The van der Waals surface area contributed by atoms with Crippen molar-refractivity contribution in [1.82, 2.24) is 4.98 Å². The second-order valence-electron chi connectivity index (χ2n) is 4.34. The van der Waals surface area contributed by atoms with Gasteiger partial charge < -0.3 is 14.8 Å². The van der Waals surface area contributed by atoms with Crippen LogP contribution in [0.1, 0.15) is 11.1 Å². The molecule has 0 aliphatic carbocycles. The lowest BCUT2D eigenvalue weighted by Crippen LogP contribution is -2.04. The first-order chi connectivity index (χ1) is 9.65. The predicted octanol–water partition coefficient (Wildman–Crippen LogP) is 3.67. The van der Waals surface area contributed by atoms with Crippen LogP contribution in [0.2, 0.25) is 5.02 Å². The van der Waals surface area contributed by atoms with Crippen molar-refractivity contribution < 1.29 is 9.47 Å². The third kappa shape index (κ3) is 3.14. The van der Waals surface area contributed by atoms with E-state index in [2.05, 4.69) is 17.2 Å². The van der Waals surface area contributed by atoms with E-state index in [1.54, 1.807) is 26.5 Å². The molecule has 1 aromatic carbocycles. The monoisotopic (exact) mass is 292 g/mol. The van der Waals surface area contributed by atoms with E-state index in [-0.39, 0.29) is 0 Å². The highest BCUT2D eigenvalue weighted by atomic mass is 35.5. The normalized spacial score (nSPS) is 10.2. The standard InChI is InChI=1S/C15H17ClN2O2/c1-10-4-5-17-8-11(10)9-18-13-7-14(19-2)12(16)6-15(13)20-3/h4-8,18H,9H2,1-3H3. The second kappa shape index (κ2) is 6.48. The minimum atomic E-state index is 0.521. The number of hydrogen-bond acceptors (Lipinski definition) is 4. The minimum Gasteiger partial charge on any atom is -0.495 e. The Morgan fingerprint density at radius 3 is 2.60 bits per heavy atom. The summed E-state index contributed by atoms with van der Waals surface area (Å²) in [5.74, 6) is 1.29. The molecule has 2 aromatic rings. The third-order valence-corrected chi connectivity index (χ3v) is 3.39. The predicted molar refractivity (Wildman–Crippen MR) is 80.9 cm³/mol. The summed E-state index contributed by atoms with van der Waals surface area (Å²) in [6.45, 7) is 2.71. The Balaban J connectivity index is 2.22. The highest BCUT2D eigenvalue weighted by Gasteiger charge is 2.10. The number of ether oxygens (including phenoxy) is 2. The molecule has 4 nitrogen and oxygen atoms in total. The van der Waals surface area contributed by atoms with Gasteiger partial charge in [0.2, 0.25) is 0 Å². The van der Waals surface area contributed by atoms with Gasteiger partial charge in [0.25, 0.3) is 0 Å². The minimum absolute atomic E-state index is 0.521. The van der Waals surface area contributed by atoms with Crippen LogP contribution in [0, 0.1) is 6.92 Å². The van der Waals surface area contributed by atoms with E-state index in [0.29, 0.717) is 23.1 Å². The number of hydrogen-bond donors (Lipinski definition) is 1. The number of nitrogens with zero attached hydrogens (tertiary/aromatic N) is 1. The lowest BCUT2D eigenvalue weighted by atomic mass is 10.1. The van der Waals surface area contributed by atoms with Crippen LogP contribution in [0.5, 0.6) is 11.5 Å². The third-order valence-electron chi connectivity index (χ3n) is 3.09. The first-order valence-electron chi connectivity index (χ1n) is 6.20. The molecule has 5 heteroatoms. The molecule has 106 valence electrons. The van der Waals surface area contributed by atoms with Crippen molar-refractivity contribution in [3.8, 4) is 11.5 Å². The van der Waals surface area contributed by atoms with E-state index in [9.17, 15) is 0 Å². The molecule has 2 rings (SSSR count). The fourth-order valence-electron chi connectivity index (χ4n) is 1.87. The molecular weight excluding hydrogens is 276 g/mol. The van der Waals surface area contributed by atoms with Crippen LogP contribution in [0.15, 0.2) is 30.6 Å². The van der Waals surface area contributed by atoms with Crippen LogP contribution in [0.4, 0.5) is 5.69 Å². The topological polar surface area (TPSA) is 43.4 Å². The molecule has 0 fully saturated rings. The molecule has 0 saturated carbocycles. The zero-order valence-corrected chi connectivity index (χ0v) is 12.5. The molecular formula is C15H17ClN2O2. The van der Waals surface area contributed by atoms with Gasteiger partial charge in [0.15, 0.2) is 0 Å². The van der Waals surface area contributed by atoms with Gasteiger partial charge in [-0.2, -0.15) is 0 Å². The van der Waals surface area contributed by atoms with Crippen molar-refractivity contribution in [2.75, 3.05) is 19.5 Å². The van der Waals surface area contributed by atoms with Gasteiger partial charge in [-0.05, 0) is 24.1 Å². The Morgan fingerprint density at radius 1 is 1.20 bits per heavy atom. The van der Waals surface area contributed by atoms with Crippen molar-refractivity contribution in [3.63, 3.8) is 0 Å². The molecule has 0 aliphatic rings. The van der Waals surface area contributed by atoms with Crippen LogP contribution < -0.4 is 14.8 Å². The summed E-state index contributed by atoms with van der Waals surface area (Å²) in [5.41, 5.74) is 3.15. The van der Waals surface area contributed by atoms with Crippen LogP contribution in [-0.4, -0.2) is 19.2 Å². The lowest BCUT2D eigenvalue weighted by molar-refractivity contribution is 0.404. The number of nitrogens with one attached hydrogen (secondary N) is 1. The number of benzene rings is 1. The quantitative estimate of drug-likeness (QED) is 0.913. The largest absolute Gasteiger partial charge is 0.495 e. The zero-order chi connectivity index (χ0) is 14.5. The maximum atomic E-state index is 6.08. The van der Waals surface area contributed by atoms with Crippen molar-refractivity contribution in [1.29, 1.82) is 0 Å². The Labute approximate surface area is 123 Å². The molecule has 0 bridgehead atoms. The van der Waals surface area contributed by atoms with Crippen molar-refractivity contribution in [2.45, 2.75) is 13.5 Å². The summed E-state index contributed by atoms with van der Waals surface area (Å²) < 4.78 is 10.5. The van der Waals surface area contributed by atoms with Gasteiger partial charge in [0.1, 0.15) is 11.5 Å². The molecule has 0 saturated heterocycles. The molecule has 1 heterocycles.